The monoisotopic (exact) mass is 287 g/mol. The second-order valence-electron chi connectivity index (χ2n) is 6.12. The highest BCUT2D eigenvalue weighted by Gasteiger charge is 2.28. The Hall–Kier alpha value is -1.57. The molecule has 2 rings (SSSR count). The first-order valence-corrected chi connectivity index (χ1v) is 7.77. The fourth-order valence-electron chi connectivity index (χ4n) is 2.70. The Morgan fingerprint density at radius 3 is 2.71 bits per heavy atom. The molecule has 4 heteroatoms. The van der Waals surface area contributed by atoms with Crippen molar-refractivity contribution in [1.29, 1.82) is 5.26 Å². The van der Waals surface area contributed by atoms with Crippen molar-refractivity contribution >= 4 is 5.69 Å². The Morgan fingerprint density at radius 1 is 1.38 bits per heavy atom. The van der Waals surface area contributed by atoms with Crippen molar-refractivity contribution in [1.82, 2.24) is 5.32 Å². The molecule has 0 atom stereocenters. The fourth-order valence-corrected chi connectivity index (χ4v) is 2.70. The van der Waals surface area contributed by atoms with E-state index in [9.17, 15) is 10.4 Å². The number of benzene rings is 1. The predicted molar refractivity (Wildman–Crippen MR) is 85.2 cm³/mol. The van der Waals surface area contributed by atoms with Gasteiger partial charge < -0.3 is 15.3 Å². The van der Waals surface area contributed by atoms with Gasteiger partial charge in [-0.25, -0.2) is 0 Å². The van der Waals surface area contributed by atoms with Gasteiger partial charge in [0, 0.05) is 19.6 Å². The number of nitrogens with zero attached hydrogens (tertiary/aromatic N) is 2. The van der Waals surface area contributed by atoms with E-state index in [0.29, 0.717) is 0 Å². The van der Waals surface area contributed by atoms with Crippen LogP contribution in [-0.4, -0.2) is 30.3 Å². The van der Waals surface area contributed by atoms with Crippen molar-refractivity contribution in [2.75, 3.05) is 24.5 Å². The van der Waals surface area contributed by atoms with Gasteiger partial charge in [-0.05, 0) is 50.4 Å². The van der Waals surface area contributed by atoms with Gasteiger partial charge in [0.25, 0.3) is 0 Å². The standard InChI is InChI=1S/C17H25N3O/c1-3-8-19-13-14-4-5-16(15(11-14)12-18)20-9-6-17(2,21)7-10-20/h4-5,11,19,21H,3,6-10,13H2,1-2H3. The fraction of sp³-hybridized carbons (Fsp3) is 0.588. The molecule has 1 saturated heterocycles. The van der Waals surface area contributed by atoms with Gasteiger partial charge >= 0.3 is 0 Å². The lowest BCUT2D eigenvalue weighted by Gasteiger charge is -2.37. The molecule has 1 fully saturated rings. The van der Waals surface area contributed by atoms with Crippen molar-refractivity contribution in [2.24, 2.45) is 0 Å². The van der Waals surface area contributed by atoms with Crippen LogP contribution in [0.4, 0.5) is 5.69 Å². The maximum Gasteiger partial charge on any atom is 0.101 e. The Morgan fingerprint density at radius 2 is 2.10 bits per heavy atom. The summed E-state index contributed by atoms with van der Waals surface area (Å²) in [4.78, 5) is 2.21. The van der Waals surface area contributed by atoms with Gasteiger partial charge in [-0.1, -0.05) is 13.0 Å². The summed E-state index contributed by atoms with van der Waals surface area (Å²) >= 11 is 0. The molecule has 0 aliphatic carbocycles. The van der Waals surface area contributed by atoms with E-state index in [1.54, 1.807) is 0 Å². The normalized spacial score (nSPS) is 17.5. The minimum absolute atomic E-state index is 0.562. The summed E-state index contributed by atoms with van der Waals surface area (Å²) in [5.74, 6) is 0. The molecule has 0 spiro atoms. The lowest BCUT2D eigenvalue weighted by Crippen LogP contribution is -2.42. The zero-order chi connectivity index (χ0) is 15.3. The molecule has 1 aliphatic heterocycles. The van der Waals surface area contributed by atoms with Crippen LogP contribution in [0, 0.1) is 11.3 Å². The SMILES string of the molecule is CCCNCc1ccc(N2CCC(C)(O)CC2)c(C#N)c1. The lowest BCUT2D eigenvalue weighted by atomic mass is 9.93. The van der Waals surface area contributed by atoms with Crippen LogP contribution in [0.2, 0.25) is 0 Å². The Balaban J connectivity index is 2.08. The molecule has 21 heavy (non-hydrogen) atoms. The van der Waals surface area contributed by atoms with E-state index in [1.807, 2.05) is 19.1 Å². The number of aliphatic hydroxyl groups is 1. The minimum atomic E-state index is -0.562. The van der Waals surface area contributed by atoms with Gasteiger partial charge in [0.15, 0.2) is 0 Å². The molecular formula is C17H25N3O. The summed E-state index contributed by atoms with van der Waals surface area (Å²) in [6.45, 7) is 7.42. The highest BCUT2D eigenvalue weighted by atomic mass is 16.3. The number of rotatable bonds is 5. The van der Waals surface area contributed by atoms with Gasteiger partial charge in [0.1, 0.15) is 6.07 Å². The van der Waals surface area contributed by atoms with Crippen molar-refractivity contribution < 1.29 is 5.11 Å². The van der Waals surface area contributed by atoms with Crippen molar-refractivity contribution in [2.45, 2.75) is 45.3 Å². The summed E-state index contributed by atoms with van der Waals surface area (Å²) in [7, 11) is 0. The molecule has 0 amide bonds. The molecule has 1 heterocycles. The first kappa shape index (κ1) is 15.8. The number of hydrogen-bond donors (Lipinski definition) is 2. The average Bonchev–Trinajstić information content (AvgIpc) is 2.48. The Kier molecular flexibility index (Phi) is 5.22. The van der Waals surface area contributed by atoms with Crippen LogP contribution < -0.4 is 10.2 Å². The molecule has 114 valence electrons. The average molecular weight is 287 g/mol. The molecule has 0 bridgehead atoms. The second kappa shape index (κ2) is 6.93. The predicted octanol–water partition coefficient (Wildman–Crippen LogP) is 2.41. The minimum Gasteiger partial charge on any atom is -0.390 e. The number of piperidine rings is 1. The summed E-state index contributed by atoms with van der Waals surface area (Å²) in [5.41, 5.74) is 2.31. The molecule has 0 saturated carbocycles. The largest absolute Gasteiger partial charge is 0.390 e. The van der Waals surface area contributed by atoms with Crippen LogP contribution in [0.5, 0.6) is 0 Å². The van der Waals surface area contributed by atoms with Gasteiger partial charge in [-0.3, -0.25) is 0 Å². The number of nitrogens with one attached hydrogen (secondary N) is 1. The third-order valence-corrected chi connectivity index (χ3v) is 4.12. The number of anilines is 1. The second-order valence-corrected chi connectivity index (χ2v) is 6.12. The lowest BCUT2D eigenvalue weighted by molar-refractivity contribution is 0.0351. The first-order valence-electron chi connectivity index (χ1n) is 7.77. The van der Waals surface area contributed by atoms with Crippen molar-refractivity contribution in [3.05, 3.63) is 29.3 Å². The van der Waals surface area contributed by atoms with Crippen LogP contribution in [0.25, 0.3) is 0 Å². The molecule has 1 aromatic carbocycles. The smallest absolute Gasteiger partial charge is 0.101 e. The summed E-state index contributed by atoms with van der Waals surface area (Å²) in [5, 5.41) is 22.8. The molecule has 0 radical (unpaired) electrons. The Labute approximate surface area is 127 Å². The first-order chi connectivity index (χ1) is 10.1. The highest BCUT2D eigenvalue weighted by Crippen LogP contribution is 2.28. The molecule has 1 aliphatic rings. The van der Waals surface area contributed by atoms with Crippen LogP contribution >= 0.6 is 0 Å². The third-order valence-electron chi connectivity index (χ3n) is 4.12. The van der Waals surface area contributed by atoms with Crippen LogP contribution in [0.1, 0.15) is 44.2 Å². The van der Waals surface area contributed by atoms with Gasteiger partial charge in [0.2, 0.25) is 0 Å². The van der Waals surface area contributed by atoms with E-state index in [-0.39, 0.29) is 0 Å². The summed E-state index contributed by atoms with van der Waals surface area (Å²) in [6.07, 6.45) is 2.60. The topological polar surface area (TPSA) is 59.3 Å². The van der Waals surface area contributed by atoms with Crippen LogP contribution in [0.15, 0.2) is 18.2 Å². The van der Waals surface area contributed by atoms with Gasteiger partial charge in [0.05, 0.1) is 16.9 Å². The van der Waals surface area contributed by atoms with E-state index >= 15 is 0 Å². The van der Waals surface area contributed by atoms with Gasteiger partial charge in [-0.15, -0.1) is 0 Å². The maximum absolute atomic E-state index is 10.0. The summed E-state index contributed by atoms with van der Waals surface area (Å²) < 4.78 is 0. The molecule has 1 aromatic rings. The molecule has 0 aromatic heterocycles. The third kappa shape index (κ3) is 4.20. The molecule has 0 unspecified atom stereocenters. The quantitative estimate of drug-likeness (QED) is 0.817. The summed E-state index contributed by atoms with van der Waals surface area (Å²) in [6, 6.07) is 8.42. The zero-order valence-electron chi connectivity index (χ0n) is 13.0. The van der Waals surface area contributed by atoms with E-state index in [2.05, 4.69) is 29.3 Å². The maximum atomic E-state index is 10.0. The Bertz CT molecular complexity index is 509. The van der Waals surface area contributed by atoms with E-state index in [1.165, 1.54) is 0 Å². The highest BCUT2D eigenvalue weighted by molar-refractivity contribution is 5.60. The van der Waals surface area contributed by atoms with Crippen molar-refractivity contribution in [3.8, 4) is 6.07 Å². The number of nitriles is 1. The van der Waals surface area contributed by atoms with Crippen LogP contribution in [0.3, 0.4) is 0 Å². The molecule has 4 nitrogen and oxygen atoms in total. The zero-order valence-corrected chi connectivity index (χ0v) is 13.0. The van der Waals surface area contributed by atoms with E-state index in [0.717, 1.165) is 62.3 Å². The van der Waals surface area contributed by atoms with Crippen molar-refractivity contribution in [3.63, 3.8) is 0 Å². The molecular weight excluding hydrogens is 262 g/mol. The van der Waals surface area contributed by atoms with Gasteiger partial charge in [-0.2, -0.15) is 5.26 Å². The molecule has 2 N–H and O–H groups in total. The van der Waals surface area contributed by atoms with E-state index in [4.69, 9.17) is 0 Å². The number of hydrogen-bond acceptors (Lipinski definition) is 4. The van der Waals surface area contributed by atoms with E-state index < -0.39 is 5.60 Å². The van der Waals surface area contributed by atoms with Crippen LogP contribution in [-0.2, 0) is 6.54 Å².